The maximum absolute atomic E-state index is 14.7. The van der Waals surface area contributed by atoms with Gasteiger partial charge < -0.3 is 20.3 Å². The molecule has 0 spiro atoms. The first-order chi connectivity index (χ1) is 18.5. The van der Waals surface area contributed by atoms with Gasteiger partial charge in [-0.2, -0.15) is 13.2 Å². The van der Waals surface area contributed by atoms with E-state index in [2.05, 4.69) is 15.6 Å². The van der Waals surface area contributed by atoms with Gasteiger partial charge in [-0.25, -0.2) is 9.18 Å². The molecule has 3 atom stereocenters. The summed E-state index contributed by atoms with van der Waals surface area (Å²) in [4.78, 5) is 31.6. The summed E-state index contributed by atoms with van der Waals surface area (Å²) in [6.45, 7) is 4.03. The Hall–Kier alpha value is -3.34. The van der Waals surface area contributed by atoms with Crippen LogP contribution in [-0.2, 0) is 15.7 Å². The summed E-state index contributed by atoms with van der Waals surface area (Å²) in [6.07, 6.45) is 2.12. The second-order valence-electron chi connectivity index (χ2n) is 9.67. The molecule has 0 saturated heterocycles. The zero-order valence-corrected chi connectivity index (χ0v) is 22.2. The fourth-order valence-electron chi connectivity index (χ4n) is 4.82. The first-order valence-corrected chi connectivity index (χ1v) is 13.1. The van der Waals surface area contributed by atoms with E-state index in [0.29, 0.717) is 37.7 Å². The number of amides is 2. The van der Waals surface area contributed by atoms with Crippen LogP contribution >= 0.6 is 11.6 Å². The molecule has 4 rings (SSSR count). The first-order valence-electron chi connectivity index (χ1n) is 12.6. The number of amidine groups is 1. The van der Waals surface area contributed by atoms with Gasteiger partial charge in [-0.3, -0.25) is 9.79 Å². The fourth-order valence-corrected chi connectivity index (χ4v) is 4.90. The van der Waals surface area contributed by atoms with Crippen molar-refractivity contribution in [3.8, 4) is 0 Å². The Balaban J connectivity index is 1.52. The third-order valence-corrected chi connectivity index (χ3v) is 6.87. The quantitative estimate of drug-likeness (QED) is 0.341. The van der Waals surface area contributed by atoms with E-state index >= 15 is 0 Å². The maximum atomic E-state index is 14.7. The van der Waals surface area contributed by atoms with Gasteiger partial charge in [0.1, 0.15) is 18.3 Å². The molecule has 1 aliphatic carbocycles. The minimum Gasteiger partial charge on any atom is -0.448 e. The van der Waals surface area contributed by atoms with Crippen LogP contribution in [-0.4, -0.2) is 53.9 Å². The molecule has 39 heavy (non-hydrogen) atoms. The van der Waals surface area contributed by atoms with Crippen molar-refractivity contribution in [2.24, 2.45) is 4.99 Å². The summed E-state index contributed by atoms with van der Waals surface area (Å²) < 4.78 is 59.2. The van der Waals surface area contributed by atoms with E-state index in [1.165, 1.54) is 13.0 Å². The van der Waals surface area contributed by atoms with Crippen LogP contribution in [0, 0.1) is 5.82 Å². The van der Waals surface area contributed by atoms with Gasteiger partial charge >= 0.3 is 12.3 Å². The average molecular weight is 569 g/mol. The maximum Gasteiger partial charge on any atom is 0.419 e. The van der Waals surface area contributed by atoms with Gasteiger partial charge in [0, 0.05) is 24.4 Å². The van der Waals surface area contributed by atoms with Crippen LogP contribution in [0.2, 0.25) is 0 Å². The Labute approximate surface area is 228 Å². The van der Waals surface area contributed by atoms with E-state index in [-0.39, 0.29) is 35.7 Å². The molecule has 0 radical (unpaired) electrons. The van der Waals surface area contributed by atoms with E-state index in [9.17, 15) is 27.2 Å². The zero-order chi connectivity index (χ0) is 28.3. The Morgan fingerprint density at radius 3 is 2.74 bits per heavy atom. The Bertz CT molecular complexity index is 1260. The molecule has 1 unspecified atom stereocenters. The Morgan fingerprint density at radius 1 is 1.31 bits per heavy atom. The first kappa shape index (κ1) is 28.7. The third-order valence-electron chi connectivity index (χ3n) is 6.72. The molecule has 0 bridgehead atoms. The van der Waals surface area contributed by atoms with Gasteiger partial charge in [0.25, 0.3) is 5.91 Å². The third kappa shape index (κ3) is 6.63. The van der Waals surface area contributed by atoms with Gasteiger partial charge in [0.05, 0.1) is 29.1 Å². The number of carbonyl (C=O) groups excluding carboxylic acids is 2. The molecular weight excluding hydrogens is 540 g/mol. The lowest BCUT2D eigenvalue weighted by atomic mass is 9.88. The smallest absolute Gasteiger partial charge is 0.419 e. The van der Waals surface area contributed by atoms with Crippen molar-refractivity contribution in [1.29, 1.82) is 0 Å². The van der Waals surface area contributed by atoms with Crippen molar-refractivity contribution >= 4 is 29.4 Å². The van der Waals surface area contributed by atoms with Crippen molar-refractivity contribution in [1.82, 2.24) is 15.5 Å². The van der Waals surface area contributed by atoms with Crippen molar-refractivity contribution in [3.05, 3.63) is 70.2 Å². The number of hydrogen-bond acceptors (Lipinski definition) is 5. The molecule has 2 aliphatic heterocycles. The van der Waals surface area contributed by atoms with Gasteiger partial charge in [-0.05, 0) is 56.4 Å². The summed E-state index contributed by atoms with van der Waals surface area (Å²) >= 11 is 5.54. The summed E-state index contributed by atoms with van der Waals surface area (Å²) in [5.41, 5.74) is 0.397. The highest BCUT2D eigenvalue weighted by molar-refractivity contribution is 6.22. The van der Waals surface area contributed by atoms with Gasteiger partial charge in [-0.15, -0.1) is 11.6 Å². The second kappa shape index (κ2) is 11.8. The predicted octanol–water partition coefficient (Wildman–Crippen LogP) is 5.39. The highest BCUT2D eigenvalue weighted by Gasteiger charge is 2.36. The SMILES string of the molecule is C[C@@H]1CN2C=C(C3=CCC(NC(=O)OCCCl)CC3)C=C(C(=O)N[C@H](C)c3cccc(C(F)(F)F)c3F)C2=N1. The minimum atomic E-state index is -4.85. The lowest BCUT2D eigenvalue weighted by Gasteiger charge is -2.28. The number of aliphatic imine (C=N–C) groups is 1. The summed E-state index contributed by atoms with van der Waals surface area (Å²) in [5.74, 6) is -1.31. The topological polar surface area (TPSA) is 83.0 Å². The van der Waals surface area contributed by atoms with Crippen LogP contribution in [0.1, 0.15) is 50.3 Å². The summed E-state index contributed by atoms with van der Waals surface area (Å²) in [5, 5.41) is 5.45. The fraction of sp³-hybridized carbons (Fsp3) is 0.444. The van der Waals surface area contributed by atoms with Crippen LogP contribution in [0.4, 0.5) is 22.4 Å². The summed E-state index contributed by atoms with van der Waals surface area (Å²) in [6, 6.07) is 1.81. The largest absolute Gasteiger partial charge is 0.448 e. The number of fused-ring (bicyclic) bond motifs is 1. The van der Waals surface area contributed by atoms with Crippen molar-refractivity contribution in [3.63, 3.8) is 0 Å². The van der Waals surface area contributed by atoms with Gasteiger partial charge in [-0.1, -0.05) is 18.2 Å². The molecule has 2 heterocycles. The van der Waals surface area contributed by atoms with Crippen molar-refractivity contribution in [2.75, 3.05) is 19.0 Å². The molecule has 210 valence electrons. The van der Waals surface area contributed by atoms with E-state index in [0.717, 1.165) is 17.2 Å². The van der Waals surface area contributed by atoms with Crippen LogP contribution in [0.3, 0.4) is 0 Å². The van der Waals surface area contributed by atoms with Crippen LogP contribution in [0.25, 0.3) is 0 Å². The van der Waals surface area contributed by atoms with Crippen LogP contribution in [0.15, 0.2) is 58.3 Å². The number of benzene rings is 1. The highest BCUT2D eigenvalue weighted by atomic mass is 35.5. The lowest BCUT2D eigenvalue weighted by molar-refractivity contribution is -0.140. The van der Waals surface area contributed by atoms with Crippen molar-refractivity contribution in [2.45, 2.75) is 57.4 Å². The lowest BCUT2D eigenvalue weighted by Crippen LogP contribution is -2.38. The second-order valence-corrected chi connectivity index (χ2v) is 10.0. The number of nitrogens with one attached hydrogen (secondary N) is 2. The Morgan fingerprint density at radius 2 is 2.08 bits per heavy atom. The zero-order valence-electron chi connectivity index (χ0n) is 21.4. The molecule has 0 fully saturated rings. The number of alkyl carbamates (subject to hydrolysis) is 1. The molecule has 0 aromatic heterocycles. The van der Waals surface area contributed by atoms with Crippen LogP contribution in [0.5, 0.6) is 0 Å². The molecule has 2 N–H and O–H groups in total. The molecular formula is C27H29ClF4N4O3. The number of allylic oxidation sites excluding steroid dienone is 3. The van der Waals surface area contributed by atoms with Gasteiger partial charge in [0.15, 0.2) is 0 Å². The number of hydrogen-bond donors (Lipinski definition) is 2. The Kier molecular flexibility index (Phi) is 8.68. The predicted molar refractivity (Wildman–Crippen MR) is 139 cm³/mol. The summed E-state index contributed by atoms with van der Waals surface area (Å²) in [7, 11) is 0. The molecule has 1 aromatic rings. The number of ether oxygens (including phenoxy) is 1. The van der Waals surface area contributed by atoms with Crippen molar-refractivity contribution < 1.29 is 31.9 Å². The molecule has 12 heteroatoms. The number of alkyl halides is 4. The molecule has 0 saturated carbocycles. The molecule has 1 aromatic carbocycles. The normalized spacial score (nSPS) is 21.7. The standard InChI is InChI=1S/C27H29ClF4N4O3/c1-15-13-36-14-18(17-6-8-19(9-7-17)35-26(38)39-11-10-28)12-21(24(36)33-15)25(37)34-16(2)20-4-3-5-22(23(20)29)27(30,31)32/h3-6,12,14-16,19H,7-11,13H2,1-2H3,(H,34,37)(H,35,38)/t15-,16-,19?/m1/s1. The van der Waals surface area contributed by atoms with E-state index in [1.54, 1.807) is 6.08 Å². The van der Waals surface area contributed by atoms with E-state index in [4.69, 9.17) is 16.3 Å². The molecule has 2 amide bonds. The monoisotopic (exact) mass is 568 g/mol. The number of halogens is 5. The van der Waals surface area contributed by atoms with E-state index in [1.807, 2.05) is 24.1 Å². The number of rotatable bonds is 7. The molecule has 3 aliphatic rings. The number of nitrogens with zero attached hydrogens (tertiary/aromatic N) is 2. The highest BCUT2D eigenvalue weighted by Crippen LogP contribution is 2.35. The average Bonchev–Trinajstić information content (AvgIpc) is 3.26. The molecule has 7 nitrogen and oxygen atoms in total. The number of carbonyl (C=O) groups is 2. The van der Waals surface area contributed by atoms with Crippen LogP contribution < -0.4 is 10.6 Å². The van der Waals surface area contributed by atoms with Gasteiger partial charge in [0.2, 0.25) is 0 Å². The minimum absolute atomic E-state index is 0.0712. The van der Waals surface area contributed by atoms with E-state index < -0.39 is 35.6 Å².